The van der Waals surface area contributed by atoms with Crippen molar-refractivity contribution in [1.82, 2.24) is 0 Å². The first-order valence-electron chi connectivity index (χ1n) is 16.5. The molecule has 276 valence electrons. The minimum atomic E-state index is -3.00. The van der Waals surface area contributed by atoms with E-state index < -0.39 is 9.84 Å². The standard InChI is InChI=1S/C10H13NO.C9H10O.C9H12.C8H10O2S.C5H10O.2CH4/c1-8(2)10(12)11-9-6-4-3-5-7-9;1-2-9(10)8-6-4-3-5-7-8;1-2-6-9-7-4-3-5-8-9;1-2-11(9,10)8-6-4-3-5-7-8;1-4(2)5(3)6;;/h3-8H,1-2H3,(H,11,12);3-7H,2H2,1H3;3-5,7-8H,2,6H2,1H3;3-7H,2H2,1H3;4H,1-3H3;2*1H4. The molecule has 0 radical (unpaired) electrons. The lowest BCUT2D eigenvalue weighted by atomic mass is 10.1. The Morgan fingerprint density at radius 1 is 0.620 bits per heavy atom. The van der Waals surface area contributed by atoms with Crippen molar-refractivity contribution < 1.29 is 22.8 Å². The Balaban J connectivity index is -0.000000555. The van der Waals surface area contributed by atoms with E-state index in [0.717, 1.165) is 11.3 Å². The number of rotatable bonds is 9. The second-order valence-electron chi connectivity index (χ2n) is 11.4. The summed E-state index contributed by atoms with van der Waals surface area (Å²) in [4.78, 5) is 32.8. The smallest absolute Gasteiger partial charge is 0.226 e. The van der Waals surface area contributed by atoms with Gasteiger partial charge in [0.25, 0.3) is 0 Å². The molecule has 0 unspecified atom stereocenters. The van der Waals surface area contributed by atoms with E-state index in [9.17, 15) is 22.8 Å². The Bertz CT molecular complexity index is 1520. The van der Waals surface area contributed by atoms with Crippen LogP contribution in [0.1, 0.15) is 99.0 Å². The fourth-order valence-corrected chi connectivity index (χ4v) is 4.27. The lowest BCUT2D eigenvalue weighted by molar-refractivity contribution is -0.120. The molecule has 0 spiro atoms. The van der Waals surface area contributed by atoms with Crippen LogP contribution in [0, 0.1) is 11.8 Å². The summed E-state index contributed by atoms with van der Waals surface area (Å²) in [6.45, 7) is 14.8. The van der Waals surface area contributed by atoms with Crippen LogP contribution in [-0.4, -0.2) is 31.6 Å². The number of Topliss-reactive ketones (excluding diaryl/α,β-unsaturated/α-hetero) is 2. The Hall–Kier alpha value is -4.36. The number of hydrogen-bond donors (Lipinski definition) is 1. The highest BCUT2D eigenvalue weighted by atomic mass is 32.2. The zero-order valence-corrected chi connectivity index (χ0v) is 30.8. The Morgan fingerprint density at radius 3 is 1.38 bits per heavy atom. The number of nitrogens with one attached hydrogen (secondary N) is 1. The fraction of sp³-hybridized carbons (Fsp3) is 0.372. The van der Waals surface area contributed by atoms with Crippen molar-refractivity contribution in [2.45, 2.75) is 94.4 Å². The number of carbonyl (C=O) groups excluding carboxylic acids is 3. The van der Waals surface area contributed by atoms with Crippen LogP contribution >= 0.6 is 0 Å². The average molecular weight is 706 g/mol. The minimum Gasteiger partial charge on any atom is -0.326 e. The van der Waals surface area contributed by atoms with Crippen LogP contribution in [-0.2, 0) is 25.8 Å². The summed E-state index contributed by atoms with van der Waals surface area (Å²) < 4.78 is 22.4. The van der Waals surface area contributed by atoms with E-state index in [1.807, 2.05) is 95.3 Å². The Kier molecular flexibility index (Phi) is 29.6. The molecular formula is C43H63NO5S. The second-order valence-corrected chi connectivity index (χ2v) is 13.6. The van der Waals surface area contributed by atoms with Gasteiger partial charge in [-0.05, 0) is 43.2 Å². The highest BCUT2D eigenvalue weighted by Gasteiger charge is 2.09. The first kappa shape index (κ1) is 50.0. The summed E-state index contributed by atoms with van der Waals surface area (Å²) in [6, 6.07) is 37.9. The summed E-state index contributed by atoms with van der Waals surface area (Å²) >= 11 is 0. The number of ketones is 2. The van der Waals surface area contributed by atoms with Crippen molar-refractivity contribution in [3.05, 3.63) is 132 Å². The van der Waals surface area contributed by atoms with Gasteiger partial charge in [0.15, 0.2) is 15.6 Å². The van der Waals surface area contributed by atoms with Gasteiger partial charge in [0.2, 0.25) is 5.91 Å². The van der Waals surface area contributed by atoms with Crippen molar-refractivity contribution in [3.8, 4) is 0 Å². The lowest BCUT2D eigenvalue weighted by Crippen LogP contribution is -2.17. The SMILES string of the molecule is C.C.CC(=O)C(C)C.CC(C)C(=O)Nc1ccccc1.CCC(=O)c1ccccc1.CCCc1ccccc1.CCS(=O)(=O)c1ccccc1. The molecular weight excluding hydrogens is 643 g/mol. The summed E-state index contributed by atoms with van der Waals surface area (Å²) in [5.41, 5.74) is 3.11. The van der Waals surface area contributed by atoms with Crippen LogP contribution in [0.5, 0.6) is 0 Å². The van der Waals surface area contributed by atoms with Crippen LogP contribution in [0.4, 0.5) is 5.69 Å². The third kappa shape index (κ3) is 23.9. The van der Waals surface area contributed by atoms with Gasteiger partial charge in [-0.2, -0.15) is 0 Å². The molecule has 1 amide bonds. The number of benzene rings is 4. The molecule has 0 saturated heterocycles. The summed E-state index contributed by atoms with van der Waals surface area (Å²) in [5, 5.41) is 2.80. The van der Waals surface area contributed by atoms with E-state index in [2.05, 4.69) is 42.6 Å². The summed E-state index contributed by atoms with van der Waals surface area (Å²) in [7, 11) is -3.00. The number of anilines is 1. The number of sulfone groups is 1. The van der Waals surface area contributed by atoms with Crippen molar-refractivity contribution in [2.75, 3.05) is 11.1 Å². The molecule has 0 saturated carbocycles. The molecule has 4 aromatic rings. The van der Waals surface area contributed by atoms with Crippen molar-refractivity contribution >= 4 is 33.0 Å². The first-order chi connectivity index (χ1) is 22.8. The third-order valence-electron chi connectivity index (χ3n) is 6.66. The Labute approximate surface area is 304 Å². The molecule has 0 bridgehead atoms. The minimum absolute atomic E-state index is 0. The van der Waals surface area contributed by atoms with Crippen molar-refractivity contribution in [1.29, 1.82) is 0 Å². The molecule has 4 aromatic carbocycles. The normalized spacial score (nSPS) is 9.56. The molecule has 6 nitrogen and oxygen atoms in total. The molecule has 0 atom stereocenters. The zero-order valence-electron chi connectivity index (χ0n) is 30.0. The van der Waals surface area contributed by atoms with Gasteiger partial charge >= 0.3 is 0 Å². The van der Waals surface area contributed by atoms with Gasteiger partial charge in [-0.25, -0.2) is 8.42 Å². The number of amides is 1. The highest BCUT2D eigenvalue weighted by molar-refractivity contribution is 7.91. The molecule has 0 aliphatic carbocycles. The Morgan fingerprint density at radius 2 is 1.02 bits per heavy atom. The fourth-order valence-electron chi connectivity index (χ4n) is 3.36. The molecule has 0 aliphatic heterocycles. The molecule has 1 N–H and O–H groups in total. The zero-order chi connectivity index (χ0) is 36.4. The molecule has 50 heavy (non-hydrogen) atoms. The lowest BCUT2D eigenvalue weighted by Gasteiger charge is -2.06. The third-order valence-corrected chi connectivity index (χ3v) is 8.41. The van der Waals surface area contributed by atoms with Crippen LogP contribution in [0.25, 0.3) is 0 Å². The average Bonchev–Trinajstić information content (AvgIpc) is 3.11. The van der Waals surface area contributed by atoms with E-state index >= 15 is 0 Å². The molecule has 0 aliphatic rings. The highest BCUT2D eigenvalue weighted by Crippen LogP contribution is 2.09. The van der Waals surface area contributed by atoms with Crippen molar-refractivity contribution in [3.63, 3.8) is 0 Å². The monoisotopic (exact) mass is 705 g/mol. The van der Waals surface area contributed by atoms with Gasteiger partial charge < -0.3 is 5.32 Å². The molecule has 0 fully saturated rings. The van der Waals surface area contributed by atoms with Crippen LogP contribution in [0.3, 0.4) is 0 Å². The van der Waals surface area contributed by atoms with Gasteiger partial charge in [0, 0.05) is 29.5 Å². The number of aryl methyl sites for hydroxylation is 1. The van der Waals surface area contributed by atoms with E-state index in [1.165, 1.54) is 18.4 Å². The topological polar surface area (TPSA) is 97.4 Å². The van der Waals surface area contributed by atoms with E-state index in [1.54, 1.807) is 44.2 Å². The van der Waals surface area contributed by atoms with Crippen LogP contribution < -0.4 is 5.32 Å². The number of hydrogen-bond acceptors (Lipinski definition) is 5. The molecule has 0 aromatic heterocycles. The molecule has 4 rings (SSSR count). The van der Waals surface area contributed by atoms with Gasteiger partial charge in [0.05, 0.1) is 10.6 Å². The van der Waals surface area contributed by atoms with Crippen molar-refractivity contribution in [2.24, 2.45) is 11.8 Å². The largest absolute Gasteiger partial charge is 0.326 e. The maximum absolute atomic E-state index is 11.2. The van der Waals surface area contributed by atoms with E-state index in [4.69, 9.17) is 0 Å². The van der Waals surface area contributed by atoms with Gasteiger partial charge in [-0.1, -0.05) is 167 Å². The number of para-hydroxylation sites is 1. The first-order valence-corrected chi connectivity index (χ1v) is 18.2. The second kappa shape index (κ2) is 29.5. The quantitative estimate of drug-likeness (QED) is 0.175. The van der Waals surface area contributed by atoms with Gasteiger partial charge in [-0.3, -0.25) is 14.4 Å². The maximum atomic E-state index is 11.2. The maximum Gasteiger partial charge on any atom is 0.226 e. The summed E-state index contributed by atoms with van der Waals surface area (Å²) in [5.74, 6) is 0.934. The van der Waals surface area contributed by atoms with Gasteiger partial charge in [-0.15, -0.1) is 0 Å². The van der Waals surface area contributed by atoms with E-state index in [0.29, 0.717) is 11.3 Å². The van der Waals surface area contributed by atoms with Gasteiger partial charge in [0.1, 0.15) is 5.78 Å². The van der Waals surface area contributed by atoms with E-state index in [-0.39, 0.29) is 49.9 Å². The summed E-state index contributed by atoms with van der Waals surface area (Å²) in [6.07, 6.45) is 3.04. The predicted octanol–water partition coefficient (Wildman–Crippen LogP) is 11.2. The molecule has 0 heterocycles. The van der Waals surface area contributed by atoms with Crippen LogP contribution in [0.15, 0.2) is 126 Å². The predicted molar refractivity (Wildman–Crippen MR) is 215 cm³/mol. The molecule has 7 heteroatoms. The number of carbonyl (C=O) groups is 3. The van der Waals surface area contributed by atoms with Crippen LogP contribution in [0.2, 0.25) is 0 Å².